The van der Waals surface area contributed by atoms with Crippen LogP contribution in [-0.2, 0) is 4.79 Å². The molecule has 1 saturated heterocycles. The number of phenols is 1. The van der Waals surface area contributed by atoms with Crippen LogP contribution in [0, 0.1) is 0 Å². The van der Waals surface area contributed by atoms with Gasteiger partial charge in [0.15, 0.2) is 4.32 Å². The molecule has 2 aromatic rings. The lowest BCUT2D eigenvalue weighted by Gasteiger charge is -2.14. The third-order valence-electron chi connectivity index (χ3n) is 2.72. The highest BCUT2D eigenvalue weighted by molar-refractivity contribution is 8.27. The third kappa shape index (κ3) is 2.35. The average Bonchev–Trinajstić information content (AvgIpc) is 3.02. The molecule has 4 nitrogen and oxygen atoms in total. The summed E-state index contributed by atoms with van der Waals surface area (Å²) in [6.45, 7) is 0. The zero-order valence-corrected chi connectivity index (χ0v) is 11.8. The summed E-state index contributed by atoms with van der Waals surface area (Å²) < 4.78 is 5.66. The monoisotopic (exact) mass is 303 g/mol. The second kappa shape index (κ2) is 5.15. The topological polar surface area (TPSA) is 53.7 Å². The van der Waals surface area contributed by atoms with Crippen LogP contribution >= 0.6 is 24.0 Å². The largest absolute Gasteiger partial charge is 0.508 e. The van der Waals surface area contributed by atoms with Crippen LogP contribution in [-0.4, -0.2) is 15.3 Å². The molecule has 0 saturated carbocycles. The Kier molecular flexibility index (Phi) is 3.33. The SMILES string of the molecule is O=C1C(=Cc2ccco2)SC(=S)N1c1ccc(O)cc1. The molecule has 1 amide bonds. The van der Waals surface area contributed by atoms with Crippen molar-refractivity contribution in [1.82, 2.24) is 0 Å². The summed E-state index contributed by atoms with van der Waals surface area (Å²) >= 11 is 6.46. The van der Waals surface area contributed by atoms with Gasteiger partial charge >= 0.3 is 0 Å². The van der Waals surface area contributed by atoms with Gasteiger partial charge in [-0.3, -0.25) is 9.69 Å². The van der Waals surface area contributed by atoms with Crippen LogP contribution < -0.4 is 4.90 Å². The van der Waals surface area contributed by atoms with E-state index in [0.717, 1.165) is 0 Å². The van der Waals surface area contributed by atoms with Gasteiger partial charge in [-0.1, -0.05) is 24.0 Å². The van der Waals surface area contributed by atoms with Gasteiger partial charge in [-0.05, 0) is 36.4 Å². The van der Waals surface area contributed by atoms with Crippen LogP contribution in [0.2, 0.25) is 0 Å². The molecule has 1 fully saturated rings. The van der Waals surface area contributed by atoms with Crippen LogP contribution in [0.3, 0.4) is 0 Å². The van der Waals surface area contributed by atoms with Gasteiger partial charge < -0.3 is 9.52 Å². The number of thiocarbonyl (C=S) groups is 1. The summed E-state index contributed by atoms with van der Waals surface area (Å²) in [5.41, 5.74) is 0.633. The van der Waals surface area contributed by atoms with Gasteiger partial charge in [-0.2, -0.15) is 0 Å². The minimum Gasteiger partial charge on any atom is -0.508 e. The van der Waals surface area contributed by atoms with Crippen molar-refractivity contribution in [2.45, 2.75) is 0 Å². The summed E-state index contributed by atoms with van der Waals surface area (Å²) in [5, 5.41) is 9.29. The summed E-state index contributed by atoms with van der Waals surface area (Å²) in [7, 11) is 0. The number of carbonyl (C=O) groups is 1. The Morgan fingerprint density at radius 3 is 2.65 bits per heavy atom. The first-order valence-corrected chi connectivity index (χ1v) is 6.98. The summed E-state index contributed by atoms with van der Waals surface area (Å²) in [6.07, 6.45) is 3.21. The van der Waals surface area contributed by atoms with E-state index < -0.39 is 0 Å². The Hall–Kier alpha value is -2.05. The zero-order valence-electron chi connectivity index (χ0n) is 10.1. The minimum absolute atomic E-state index is 0.144. The first kappa shape index (κ1) is 13.0. The molecule has 0 aliphatic carbocycles. The van der Waals surface area contributed by atoms with Gasteiger partial charge in [0.2, 0.25) is 0 Å². The molecule has 20 heavy (non-hydrogen) atoms. The first-order valence-electron chi connectivity index (χ1n) is 5.75. The van der Waals surface area contributed by atoms with Crippen molar-refractivity contribution in [3.8, 4) is 5.75 Å². The second-order valence-electron chi connectivity index (χ2n) is 4.05. The highest BCUT2D eigenvalue weighted by atomic mass is 32.2. The molecule has 0 radical (unpaired) electrons. The molecule has 6 heteroatoms. The molecule has 100 valence electrons. The number of furan rings is 1. The fourth-order valence-corrected chi connectivity index (χ4v) is 3.07. The standard InChI is InChI=1S/C14H9NO3S2/c16-10-5-3-9(4-6-10)15-13(17)12(20-14(15)19)8-11-2-1-7-18-11/h1-8,16H. The van der Waals surface area contributed by atoms with E-state index in [0.29, 0.717) is 20.7 Å². The molecular formula is C14H9NO3S2. The molecule has 3 rings (SSSR count). The highest BCUT2D eigenvalue weighted by Gasteiger charge is 2.33. The Morgan fingerprint density at radius 2 is 2.00 bits per heavy atom. The summed E-state index contributed by atoms with van der Waals surface area (Å²) in [6, 6.07) is 9.86. The van der Waals surface area contributed by atoms with Crippen molar-refractivity contribution in [2.24, 2.45) is 0 Å². The predicted molar refractivity (Wildman–Crippen MR) is 82.5 cm³/mol. The maximum Gasteiger partial charge on any atom is 0.270 e. The molecule has 1 aromatic heterocycles. The van der Waals surface area contributed by atoms with Crippen molar-refractivity contribution in [2.75, 3.05) is 4.90 Å². The Labute approximate surface area is 124 Å². The number of phenolic OH excluding ortho intramolecular Hbond substituents is 1. The predicted octanol–water partition coefficient (Wildman–Crippen LogP) is 3.39. The van der Waals surface area contributed by atoms with E-state index in [1.165, 1.54) is 28.8 Å². The molecule has 0 unspecified atom stereocenters. The van der Waals surface area contributed by atoms with Gasteiger partial charge in [0.05, 0.1) is 16.9 Å². The smallest absolute Gasteiger partial charge is 0.270 e. The maximum atomic E-state index is 12.4. The first-order chi connectivity index (χ1) is 9.65. The second-order valence-corrected chi connectivity index (χ2v) is 5.72. The number of anilines is 1. The van der Waals surface area contributed by atoms with E-state index in [9.17, 15) is 9.90 Å². The number of nitrogens with zero attached hydrogens (tertiary/aromatic N) is 1. The van der Waals surface area contributed by atoms with Gasteiger partial charge in [-0.15, -0.1) is 0 Å². The van der Waals surface area contributed by atoms with Crippen molar-refractivity contribution in [3.63, 3.8) is 0 Å². The van der Waals surface area contributed by atoms with E-state index in [2.05, 4.69) is 0 Å². The average molecular weight is 303 g/mol. The van der Waals surface area contributed by atoms with Crippen molar-refractivity contribution >= 4 is 46.0 Å². The van der Waals surface area contributed by atoms with Gasteiger partial charge in [0, 0.05) is 6.08 Å². The van der Waals surface area contributed by atoms with Crippen LogP contribution in [0.15, 0.2) is 52.0 Å². The van der Waals surface area contributed by atoms with E-state index in [-0.39, 0.29) is 11.7 Å². The molecule has 0 bridgehead atoms. The van der Waals surface area contributed by atoms with Gasteiger partial charge in [0.1, 0.15) is 11.5 Å². The Morgan fingerprint density at radius 1 is 1.25 bits per heavy atom. The minimum atomic E-state index is -0.193. The fourth-order valence-electron chi connectivity index (χ4n) is 1.79. The molecule has 0 atom stereocenters. The molecule has 1 aliphatic rings. The summed E-state index contributed by atoms with van der Waals surface area (Å²) in [4.78, 5) is 14.3. The lowest BCUT2D eigenvalue weighted by Crippen LogP contribution is -2.27. The normalized spacial score (nSPS) is 17.2. The van der Waals surface area contributed by atoms with Crippen molar-refractivity contribution in [1.29, 1.82) is 0 Å². The third-order valence-corrected chi connectivity index (χ3v) is 4.02. The maximum absolute atomic E-state index is 12.4. The van der Waals surface area contributed by atoms with E-state index in [1.807, 2.05) is 0 Å². The number of hydrogen-bond acceptors (Lipinski definition) is 5. The fraction of sp³-hybridized carbons (Fsp3) is 0. The lowest BCUT2D eigenvalue weighted by molar-refractivity contribution is -0.113. The summed E-state index contributed by atoms with van der Waals surface area (Å²) in [5.74, 6) is 0.559. The molecule has 1 aromatic carbocycles. The van der Waals surface area contributed by atoms with Crippen LogP contribution in [0.1, 0.15) is 5.76 Å². The molecule has 2 heterocycles. The number of benzene rings is 1. The van der Waals surface area contributed by atoms with Crippen molar-refractivity contribution < 1.29 is 14.3 Å². The van der Waals surface area contributed by atoms with Crippen LogP contribution in [0.5, 0.6) is 5.75 Å². The Balaban J connectivity index is 1.93. The number of amides is 1. The van der Waals surface area contributed by atoms with Gasteiger partial charge in [0.25, 0.3) is 5.91 Å². The highest BCUT2D eigenvalue weighted by Crippen LogP contribution is 2.36. The van der Waals surface area contributed by atoms with E-state index in [1.54, 1.807) is 36.6 Å². The van der Waals surface area contributed by atoms with Crippen molar-refractivity contribution in [3.05, 3.63) is 53.3 Å². The number of hydrogen-bond donors (Lipinski definition) is 1. The number of carbonyl (C=O) groups excluding carboxylic acids is 1. The molecule has 1 aliphatic heterocycles. The Bertz CT molecular complexity index is 690. The van der Waals surface area contributed by atoms with E-state index in [4.69, 9.17) is 16.6 Å². The molecular weight excluding hydrogens is 294 g/mol. The quantitative estimate of drug-likeness (QED) is 0.681. The van der Waals surface area contributed by atoms with Gasteiger partial charge in [-0.25, -0.2) is 0 Å². The number of thioether (sulfide) groups is 1. The number of aromatic hydroxyl groups is 1. The van der Waals surface area contributed by atoms with E-state index >= 15 is 0 Å². The molecule has 1 N–H and O–H groups in total. The lowest BCUT2D eigenvalue weighted by atomic mass is 10.2. The molecule has 0 spiro atoms. The van der Waals surface area contributed by atoms with Crippen LogP contribution in [0.25, 0.3) is 6.08 Å². The van der Waals surface area contributed by atoms with Crippen LogP contribution in [0.4, 0.5) is 5.69 Å². The number of rotatable bonds is 2. The zero-order chi connectivity index (χ0) is 14.1.